The summed E-state index contributed by atoms with van der Waals surface area (Å²) in [6.07, 6.45) is 1.80. The van der Waals surface area contributed by atoms with Gasteiger partial charge in [0.15, 0.2) is 5.16 Å². The standard InChI is InChI=1S/C16H23N3O2S/c1-9-6-12(18-14(17-9)22-5)13-10-7-19(8-11(10)13)15(20)21-16(2,3)4/h6,10-11,13H,7-8H2,1-5H3/t10-,11+,13?. The van der Waals surface area contributed by atoms with Crippen molar-refractivity contribution >= 4 is 17.9 Å². The Bertz CT molecular complexity index is 588. The number of aryl methyl sites for hydroxylation is 1. The van der Waals surface area contributed by atoms with E-state index in [1.807, 2.05) is 38.9 Å². The summed E-state index contributed by atoms with van der Waals surface area (Å²) in [6.45, 7) is 9.27. The highest BCUT2D eigenvalue weighted by Gasteiger charge is 2.58. The Morgan fingerprint density at radius 2 is 1.95 bits per heavy atom. The van der Waals surface area contributed by atoms with Crippen LogP contribution in [0.5, 0.6) is 0 Å². The smallest absolute Gasteiger partial charge is 0.410 e. The first-order chi connectivity index (χ1) is 10.3. The van der Waals surface area contributed by atoms with Crippen molar-refractivity contribution in [3.05, 3.63) is 17.5 Å². The van der Waals surface area contributed by atoms with E-state index in [2.05, 4.69) is 16.0 Å². The average Bonchev–Trinajstić information content (AvgIpc) is 2.90. The van der Waals surface area contributed by atoms with Crippen LogP contribution >= 0.6 is 11.8 Å². The number of thioether (sulfide) groups is 1. The minimum Gasteiger partial charge on any atom is -0.444 e. The van der Waals surface area contributed by atoms with Crippen molar-refractivity contribution in [1.82, 2.24) is 14.9 Å². The molecule has 1 aliphatic carbocycles. The summed E-state index contributed by atoms with van der Waals surface area (Å²) in [6, 6.07) is 2.08. The van der Waals surface area contributed by atoms with Gasteiger partial charge in [-0.25, -0.2) is 14.8 Å². The van der Waals surface area contributed by atoms with Crippen molar-refractivity contribution in [2.75, 3.05) is 19.3 Å². The lowest BCUT2D eigenvalue weighted by Crippen LogP contribution is -2.36. The van der Waals surface area contributed by atoms with E-state index in [-0.39, 0.29) is 6.09 Å². The first-order valence-electron chi connectivity index (χ1n) is 7.66. The fourth-order valence-corrected chi connectivity index (χ4v) is 3.70. The number of fused-ring (bicyclic) bond motifs is 1. The number of aromatic nitrogens is 2. The lowest BCUT2D eigenvalue weighted by Gasteiger charge is -2.25. The largest absolute Gasteiger partial charge is 0.444 e. The number of piperidine rings is 1. The predicted molar refractivity (Wildman–Crippen MR) is 86.1 cm³/mol. The zero-order valence-corrected chi connectivity index (χ0v) is 14.6. The fraction of sp³-hybridized carbons (Fsp3) is 0.688. The Hall–Kier alpha value is -1.30. The van der Waals surface area contributed by atoms with Gasteiger partial charge in [-0.15, -0.1) is 0 Å². The second-order valence-corrected chi connectivity index (χ2v) is 7.93. The normalized spacial score (nSPS) is 26.8. The summed E-state index contributed by atoms with van der Waals surface area (Å²) in [5, 5.41) is 0.837. The molecule has 1 unspecified atom stereocenters. The molecule has 0 radical (unpaired) electrons. The van der Waals surface area contributed by atoms with E-state index in [4.69, 9.17) is 4.74 Å². The van der Waals surface area contributed by atoms with Gasteiger partial charge in [0.25, 0.3) is 0 Å². The lowest BCUT2D eigenvalue weighted by atomic mass is 10.1. The van der Waals surface area contributed by atoms with Crippen molar-refractivity contribution < 1.29 is 9.53 Å². The summed E-state index contributed by atoms with van der Waals surface area (Å²) >= 11 is 1.58. The number of hydrogen-bond donors (Lipinski definition) is 0. The highest BCUT2D eigenvalue weighted by atomic mass is 32.2. The van der Waals surface area contributed by atoms with Crippen LogP contribution in [0, 0.1) is 18.8 Å². The first-order valence-corrected chi connectivity index (χ1v) is 8.88. The molecule has 1 aliphatic heterocycles. The second-order valence-electron chi connectivity index (χ2n) is 7.16. The van der Waals surface area contributed by atoms with Crippen molar-refractivity contribution in [2.45, 2.75) is 44.4 Å². The minimum atomic E-state index is -0.430. The van der Waals surface area contributed by atoms with E-state index in [1.54, 1.807) is 11.8 Å². The molecular formula is C16H23N3O2S. The summed E-state index contributed by atoms with van der Waals surface area (Å²) in [5.41, 5.74) is 1.72. The molecule has 0 aromatic carbocycles. The van der Waals surface area contributed by atoms with Gasteiger partial charge in [0, 0.05) is 30.4 Å². The molecule has 0 bridgehead atoms. The Morgan fingerprint density at radius 3 is 2.50 bits per heavy atom. The SMILES string of the molecule is CSc1nc(C)cc(C2[C@H]3CN(C(=O)OC(C)(C)C)C[C@@H]23)n1. The highest BCUT2D eigenvalue weighted by Crippen LogP contribution is 2.57. The maximum Gasteiger partial charge on any atom is 0.410 e. The van der Waals surface area contributed by atoms with E-state index in [9.17, 15) is 4.79 Å². The number of amides is 1. The van der Waals surface area contributed by atoms with E-state index < -0.39 is 5.60 Å². The van der Waals surface area contributed by atoms with Crippen LogP contribution in [0.3, 0.4) is 0 Å². The number of ether oxygens (including phenoxy) is 1. The second kappa shape index (κ2) is 5.41. The third-order valence-electron chi connectivity index (χ3n) is 4.22. The molecular weight excluding hydrogens is 298 g/mol. The number of hydrogen-bond acceptors (Lipinski definition) is 5. The van der Waals surface area contributed by atoms with Gasteiger partial charge in [-0.1, -0.05) is 11.8 Å². The zero-order chi connectivity index (χ0) is 16.1. The van der Waals surface area contributed by atoms with Crippen LogP contribution in [0.25, 0.3) is 0 Å². The van der Waals surface area contributed by atoms with Crippen LogP contribution in [0.4, 0.5) is 4.79 Å². The molecule has 3 atom stereocenters. The maximum atomic E-state index is 12.1. The molecule has 6 heteroatoms. The van der Waals surface area contributed by atoms with Crippen LogP contribution in [0.2, 0.25) is 0 Å². The molecule has 0 N–H and O–H groups in total. The zero-order valence-electron chi connectivity index (χ0n) is 13.8. The fourth-order valence-electron chi connectivity index (χ4n) is 3.27. The number of nitrogens with zero attached hydrogens (tertiary/aromatic N) is 3. The van der Waals surface area contributed by atoms with E-state index in [0.717, 1.165) is 29.6 Å². The van der Waals surface area contributed by atoms with Gasteiger partial charge in [0.05, 0.1) is 0 Å². The lowest BCUT2D eigenvalue weighted by molar-refractivity contribution is 0.0270. The maximum absolute atomic E-state index is 12.1. The van der Waals surface area contributed by atoms with Gasteiger partial charge < -0.3 is 9.64 Å². The molecule has 1 amide bonds. The molecule has 5 nitrogen and oxygen atoms in total. The van der Waals surface area contributed by atoms with Crippen molar-refractivity contribution in [2.24, 2.45) is 11.8 Å². The van der Waals surface area contributed by atoms with Crippen LogP contribution in [0.1, 0.15) is 38.1 Å². The molecule has 120 valence electrons. The molecule has 2 fully saturated rings. The number of carbonyl (C=O) groups is 1. The van der Waals surface area contributed by atoms with Gasteiger partial charge in [-0.05, 0) is 51.9 Å². The van der Waals surface area contributed by atoms with E-state index in [1.165, 1.54) is 0 Å². The summed E-state index contributed by atoms with van der Waals surface area (Å²) < 4.78 is 5.45. The summed E-state index contributed by atoms with van der Waals surface area (Å²) in [4.78, 5) is 23.0. The molecule has 2 heterocycles. The Labute approximate surface area is 135 Å². The van der Waals surface area contributed by atoms with E-state index >= 15 is 0 Å². The molecule has 1 aromatic heterocycles. The summed E-state index contributed by atoms with van der Waals surface area (Å²) in [7, 11) is 0. The van der Waals surface area contributed by atoms with Gasteiger partial charge >= 0.3 is 6.09 Å². The van der Waals surface area contributed by atoms with E-state index in [0.29, 0.717) is 17.8 Å². The molecule has 1 saturated carbocycles. The molecule has 0 spiro atoms. The van der Waals surface area contributed by atoms with Crippen LogP contribution < -0.4 is 0 Å². The molecule has 22 heavy (non-hydrogen) atoms. The molecule has 3 rings (SSSR count). The van der Waals surface area contributed by atoms with Gasteiger partial charge in [0.1, 0.15) is 5.60 Å². The van der Waals surface area contributed by atoms with Gasteiger partial charge in [-0.2, -0.15) is 0 Å². The number of likely N-dealkylation sites (tertiary alicyclic amines) is 1. The third kappa shape index (κ3) is 3.07. The molecule has 2 aliphatic rings. The first kappa shape index (κ1) is 15.6. The van der Waals surface area contributed by atoms with Crippen molar-refractivity contribution in [3.8, 4) is 0 Å². The molecule has 1 saturated heterocycles. The van der Waals surface area contributed by atoms with Crippen LogP contribution in [-0.4, -0.2) is 45.9 Å². The van der Waals surface area contributed by atoms with Crippen LogP contribution in [0.15, 0.2) is 11.2 Å². The average molecular weight is 321 g/mol. The van der Waals surface area contributed by atoms with Crippen LogP contribution in [-0.2, 0) is 4.74 Å². The van der Waals surface area contributed by atoms with Crippen molar-refractivity contribution in [3.63, 3.8) is 0 Å². The topological polar surface area (TPSA) is 55.3 Å². The Morgan fingerprint density at radius 1 is 1.32 bits per heavy atom. The molecule has 1 aromatic rings. The highest BCUT2D eigenvalue weighted by molar-refractivity contribution is 7.98. The minimum absolute atomic E-state index is 0.192. The quantitative estimate of drug-likeness (QED) is 0.619. The van der Waals surface area contributed by atoms with Gasteiger partial charge in [-0.3, -0.25) is 0 Å². The Balaban J connectivity index is 1.63. The monoisotopic (exact) mass is 321 g/mol. The van der Waals surface area contributed by atoms with Crippen molar-refractivity contribution in [1.29, 1.82) is 0 Å². The predicted octanol–water partition coefficient (Wildman–Crippen LogP) is 3.09. The Kier molecular flexibility index (Phi) is 3.83. The number of carbonyl (C=O) groups excluding carboxylic acids is 1. The van der Waals surface area contributed by atoms with Gasteiger partial charge in [0.2, 0.25) is 0 Å². The summed E-state index contributed by atoms with van der Waals surface area (Å²) in [5.74, 6) is 1.53. The number of rotatable bonds is 2. The third-order valence-corrected chi connectivity index (χ3v) is 4.77.